The number of nitrogens with zero attached hydrogens (tertiary/aromatic N) is 2. The van der Waals surface area contributed by atoms with Crippen molar-refractivity contribution in [1.82, 2.24) is 0 Å². The van der Waals surface area contributed by atoms with Crippen LogP contribution < -0.4 is 25.4 Å². The first kappa shape index (κ1) is 42.0. The summed E-state index contributed by atoms with van der Waals surface area (Å²) in [6, 6.07) is 11.2. The van der Waals surface area contributed by atoms with Gasteiger partial charge in [0, 0.05) is 10.9 Å². The second kappa shape index (κ2) is 21.7. The maximum atomic E-state index is 13.4. The smallest absolute Gasteiger partial charge is 0.278 e. The van der Waals surface area contributed by atoms with Crippen LogP contribution in [0.4, 0.5) is 11.4 Å². The second-order valence-electron chi connectivity index (χ2n) is 13.3. The average Bonchev–Trinajstić information content (AvgIpc) is 3.01. The first-order valence-corrected chi connectivity index (χ1v) is 18.0. The van der Waals surface area contributed by atoms with Crippen molar-refractivity contribution in [2.45, 2.75) is 130 Å². The largest absolute Gasteiger partial charge is 0.497 e. The number of carbonyl (C=O) groups excluding carboxylic acids is 1. The lowest BCUT2D eigenvalue weighted by Crippen LogP contribution is -2.30. The number of carbonyl (C=O) groups is 1. The lowest BCUT2D eigenvalue weighted by Gasteiger charge is -2.24. The molecule has 9 heteroatoms. The number of nitrogens with two attached hydrogens (primary N) is 1. The van der Waals surface area contributed by atoms with Crippen LogP contribution in [0.1, 0.15) is 119 Å². The zero-order valence-corrected chi connectivity index (χ0v) is 32.4. The molecule has 0 aliphatic carbocycles. The van der Waals surface area contributed by atoms with Gasteiger partial charge in [-0.05, 0) is 80.2 Å². The minimum Gasteiger partial charge on any atom is -0.497 e. The van der Waals surface area contributed by atoms with Crippen LogP contribution in [0.2, 0.25) is 0 Å². The number of benzene rings is 2. The molecule has 2 aromatic carbocycles. The van der Waals surface area contributed by atoms with E-state index in [1.807, 2.05) is 18.2 Å². The highest BCUT2D eigenvalue weighted by molar-refractivity contribution is 9.09. The van der Waals surface area contributed by atoms with Crippen molar-refractivity contribution in [3.63, 3.8) is 0 Å². The van der Waals surface area contributed by atoms with Crippen molar-refractivity contribution in [3.05, 3.63) is 42.0 Å². The van der Waals surface area contributed by atoms with Gasteiger partial charge in [0.2, 0.25) is 0 Å². The van der Waals surface area contributed by atoms with Crippen molar-refractivity contribution in [2.75, 3.05) is 19.5 Å². The Hall–Kier alpha value is -3.07. The molecule has 8 nitrogen and oxygen atoms in total. The molecular weight excluding hydrogens is 656 g/mol. The summed E-state index contributed by atoms with van der Waals surface area (Å²) in [4.78, 5) is 18.7. The summed E-state index contributed by atoms with van der Waals surface area (Å²) in [7, 11) is 3.12. The summed E-state index contributed by atoms with van der Waals surface area (Å²) in [5, 5.41) is 6.73. The van der Waals surface area contributed by atoms with Gasteiger partial charge in [-0.25, -0.2) is 4.99 Å². The zero-order chi connectivity index (χ0) is 35.6. The van der Waals surface area contributed by atoms with Crippen LogP contribution in [0.3, 0.4) is 0 Å². The van der Waals surface area contributed by atoms with Crippen LogP contribution in [0.25, 0.3) is 0 Å². The third kappa shape index (κ3) is 15.1. The number of hydrogen-bond donors (Lipinski definition) is 2. The van der Waals surface area contributed by atoms with E-state index in [1.54, 1.807) is 39.3 Å². The van der Waals surface area contributed by atoms with Gasteiger partial charge < -0.3 is 25.4 Å². The topological polar surface area (TPSA) is 108 Å². The monoisotopic (exact) mass is 716 g/mol. The normalized spacial score (nSPS) is 12.8. The molecule has 0 heterocycles. The van der Waals surface area contributed by atoms with E-state index in [2.05, 4.69) is 86.7 Å². The highest BCUT2D eigenvalue weighted by Crippen LogP contribution is 2.34. The molecule has 0 aliphatic rings. The molecule has 3 N–H and O–H groups in total. The molecule has 0 saturated carbocycles. The Morgan fingerprint density at radius 3 is 2.02 bits per heavy atom. The molecule has 47 heavy (non-hydrogen) atoms. The van der Waals surface area contributed by atoms with Crippen LogP contribution in [-0.2, 0) is 10.2 Å². The van der Waals surface area contributed by atoms with Crippen molar-refractivity contribution < 1.29 is 19.0 Å². The van der Waals surface area contributed by atoms with E-state index in [0.717, 1.165) is 42.0 Å². The fraction of sp³-hybridized carbons (Fsp3) is 0.605. The third-order valence-corrected chi connectivity index (χ3v) is 8.54. The highest BCUT2D eigenvalue weighted by atomic mass is 79.9. The number of hydrogen-bond acceptors (Lipinski definition) is 7. The van der Waals surface area contributed by atoms with E-state index in [-0.39, 0.29) is 17.2 Å². The number of hydrazone groups is 1. The van der Waals surface area contributed by atoms with Crippen LogP contribution in [0.5, 0.6) is 17.2 Å². The van der Waals surface area contributed by atoms with E-state index >= 15 is 0 Å². The van der Waals surface area contributed by atoms with E-state index in [4.69, 9.17) is 20.1 Å². The predicted octanol–water partition coefficient (Wildman–Crippen LogP) is 10.4. The zero-order valence-electron chi connectivity index (χ0n) is 30.8. The molecule has 2 rings (SSSR count). The molecule has 0 aromatic heterocycles. The minimum absolute atomic E-state index is 0.00403. The Kier molecular flexibility index (Phi) is 19.4. The second-order valence-corrected chi connectivity index (χ2v) is 14.6. The summed E-state index contributed by atoms with van der Waals surface area (Å²) in [6.45, 7) is 19.1. The Labute approximate surface area is 293 Å². The molecular formula is C38H61BrN4O4. The fourth-order valence-electron chi connectivity index (χ4n) is 4.87. The van der Waals surface area contributed by atoms with E-state index in [0.29, 0.717) is 34.3 Å². The first-order valence-electron chi connectivity index (χ1n) is 17.1. The quantitative estimate of drug-likeness (QED) is 0.0733. The van der Waals surface area contributed by atoms with Gasteiger partial charge in [-0.2, -0.15) is 5.10 Å². The highest BCUT2D eigenvalue weighted by Gasteiger charge is 2.22. The molecule has 0 aliphatic heterocycles. The Morgan fingerprint density at radius 1 is 0.894 bits per heavy atom. The number of ether oxygens (including phenoxy) is 3. The van der Waals surface area contributed by atoms with Gasteiger partial charge >= 0.3 is 0 Å². The van der Waals surface area contributed by atoms with E-state index < -0.39 is 5.91 Å². The van der Waals surface area contributed by atoms with Crippen LogP contribution in [-0.4, -0.2) is 42.5 Å². The molecule has 1 amide bonds. The maximum absolute atomic E-state index is 13.4. The molecule has 2 aromatic rings. The van der Waals surface area contributed by atoms with Crippen molar-refractivity contribution >= 4 is 44.6 Å². The number of methoxy groups -OCH3 is 2. The fourth-order valence-corrected chi connectivity index (χ4v) is 5.59. The van der Waals surface area contributed by atoms with Gasteiger partial charge in [-0.1, -0.05) is 96.6 Å². The Morgan fingerprint density at radius 2 is 1.51 bits per heavy atom. The summed E-state index contributed by atoms with van der Waals surface area (Å²) < 4.78 is 17.1. The molecule has 1 atom stereocenters. The maximum Gasteiger partial charge on any atom is 0.278 e. The number of rotatable bonds is 17. The van der Waals surface area contributed by atoms with Gasteiger partial charge in [-0.15, -0.1) is 0 Å². The van der Waals surface area contributed by atoms with E-state index in [9.17, 15) is 4.79 Å². The molecule has 0 fully saturated rings. The number of aliphatic imine (C=N–C) groups is 1. The lowest BCUT2D eigenvalue weighted by atomic mass is 9.86. The molecule has 264 valence electrons. The van der Waals surface area contributed by atoms with Crippen molar-refractivity contribution in [2.24, 2.45) is 21.9 Å². The number of anilines is 1. The van der Waals surface area contributed by atoms with Crippen LogP contribution in [0, 0.1) is 5.92 Å². The lowest BCUT2D eigenvalue weighted by molar-refractivity contribution is -0.110. The van der Waals surface area contributed by atoms with Gasteiger partial charge in [0.15, 0.2) is 5.71 Å². The van der Waals surface area contributed by atoms with Gasteiger partial charge in [0.25, 0.3) is 5.91 Å². The molecule has 1 unspecified atom stereocenters. The summed E-state index contributed by atoms with van der Waals surface area (Å²) in [6.07, 6.45) is 9.29. The number of nitrogens with one attached hydrogen (secondary N) is 1. The number of amides is 1. The van der Waals surface area contributed by atoms with Gasteiger partial charge in [0.05, 0.1) is 31.7 Å². The minimum atomic E-state index is -0.482. The standard InChI is InChI=1S/C29H42N4O4.C9H19Br/c1-9-11-21(12-10-2)37-26-15-13-20(29(4,5)6)17-23(26)32-28(34)27(33-30)19(3)31-24-18-22(35-7)14-16-25(24)36-8;1-4-5-9(10)7-6-8(2)3/h13-18,21H,9-12,30H2,1-8H3,(H,32,34);8-9H,4-7H2,1-3H3/b31-19?,33-27+;. The number of halogens is 1. The van der Waals surface area contributed by atoms with Gasteiger partial charge in [0.1, 0.15) is 22.9 Å². The summed E-state index contributed by atoms with van der Waals surface area (Å²) >= 11 is 3.67. The van der Waals surface area contributed by atoms with Crippen LogP contribution in [0.15, 0.2) is 46.5 Å². The Bertz CT molecular complexity index is 1280. The molecule has 0 bridgehead atoms. The van der Waals surface area contributed by atoms with E-state index in [1.165, 1.54) is 25.7 Å². The third-order valence-electron chi connectivity index (χ3n) is 7.63. The van der Waals surface area contributed by atoms with Crippen LogP contribution >= 0.6 is 15.9 Å². The van der Waals surface area contributed by atoms with Crippen molar-refractivity contribution in [1.29, 1.82) is 0 Å². The molecule has 0 saturated heterocycles. The molecule has 0 spiro atoms. The van der Waals surface area contributed by atoms with Crippen molar-refractivity contribution in [3.8, 4) is 17.2 Å². The summed E-state index contributed by atoms with van der Waals surface area (Å²) in [5.74, 6) is 7.80. The average molecular weight is 718 g/mol. The number of alkyl halides is 1. The SMILES string of the molecule is CCCC(Br)CCC(C)C.CCCC(CCC)Oc1ccc(C(C)(C)C)cc1NC(=O)/C(=N/N)C(C)=Nc1cc(OC)ccc1OC. The Balaban J connectivity index is 0.000000950. The molecule has 0 radical (unpaired) electrons. The van der Waals surface area contributed by atoms with Gasteiger partial charge in [-0.3, -0.25) is 4.79 Å². The summed E-state index contributed by atoms with van der Waals surface area (Å²) in [5.41, 5.74) is 2.34. The predicted molar refractivity (Wildman–Crippen MR) is 204 cm³/mol. The first-order chi connectivity index (χ1) is 22.2.